The van der Waals surface area contributed by atoms with Crippen LogP contribution in [0.5, 0.6) is 0 Å². The minimum absolute atomic E-state index is 0.121. The van der Waals surface area contributed by atoms with Crippen LogP contribution in [0.4, 0.5) is 0 Å². The Morgan fingerprint density at radius 3 is 3.00 bits per heavy atom. The lowest BCUT2D eigenvalue weighted by Crippen LogP contribution is -2.42. The fourth-order valence-corrected chi connectivity index (χ4v) is 2.22. The first-order valence-corrected chi connectivity index (χ1v) is 6.13. The second-order valence-corrected chi connectivity index (χ2v) is 4.78. The molecule has 3 heteroatoms. The van der Waals surface area contributed by atoms with Gasteiger partial charge in [-0.1, -0.05) is 29.8 Å². The van der Waals surface area contributed by atoms with E-state index in [2.05, 4.69) is 36.5 Å². The summed E-state index contributed by atoms with van der Waals surface area (Å²) in [7, 11) is 1.77. The molecule has 0 aromatic heterocycles. The molecule has 0 amide bonds. The minimum Gasteiger partial charge on any atom is -0.378 e. The van der Waals surface area contributed by atoms with Gasteiger partial charge in [0.25, 0.3) is 0 Å². The predicted octanol–water partition coefficient (Wildman–Crippen LogP) is 1.89. The molecule has 17 heavy (non-hydrogen) atoms. The first-order valence-electron chi connectivity index (χ1n) is 6.13. The summed E-state index contributed by atoms with van der Waals surface area (Å²) in [6.45, 7) is 5.35. The molecule has 1 aromatic carbocycles. The standard InChI is InChI=1S/C14H21NO2/c1-12-4-3-5-13(8-12)9-15-10-14(16-2)6-7-17-11-14/h3-5,8,15H,6-7,9-11H2,1-2H3. The van der Waals surface area contributed by atoms with E-state index in [4.69, 9.17) is 9.47 Å². The summed E-state index contributed by atoms with van der Waals surface area (Å²) in [5, 5.41) is 3.46. The molecule has 1 atom stereocenters. The molecule has 1 N–H and O–H groups in total. The topological polar surface area (TPSA) is 30.5 Å². The smallest absolute Gasteiger partial charge is 0.106 e. The Labute approximate surface area is 103 Å². The van der Waals surface area contributed by atoms with Crippen molar-refractivity contribution in [1.82, 2.24) is 5.32 Å². The van der Waals surface area contributed by atoms with Crippen LogP contribution in [0.3, 0.4) is 0 Å². The van der Waals surface area contributed by atoms with Gasteiger partial charge in [0, 0.05) is 33.2 Å². The van der Waals surface area contributed by atoms with Crippen LogP contribution >= 0.6 is 0 Å². The van der Waals surface area contributed by atoms with Gasteiger partial charge >= 0.3 is 0 Å². The lowest BCUT2D eigenvalue weighted by molar-refractivity contribution is -0.0159. The first kappa shape index (κ1) is 12.6. The number of hydrogen-bond acceptors (Lipinski definition) is 3. The number of ether oxygens (including phenoxy) is 2. The van der Waals surface area contributed by atoms with E-state index < -0.39 is 0 Å². The van der Waals surface area contributed by atoms with Crippen LogP contribution in [0, 0.1) is 6.92 Å². The number of nitrogens with one attached hydrogen (secondary N) is 1. The zero-order chi connectivity index (χ0) is 12.1. The molecule has 1 saturated heterocycles. The van der Waals surface area contributed by atoms with Crippen LogP contribution in [0.25, 0.3) is 0 Å². The Bertz CT molecular complexity index is 359. The van der Waals surface area contributed by atoms with E-state index in [1.807, 2.05) is 0 Å². The molecule has 0 radical (unpaired) electrons. The summed E-state index contributed by atoms with van der Waals surface area (Å²) in [5.74, 6) is 0. The van der Waals surface area contributed by atoms with Crippen LogP contribution in [0.15, 0.2) is 24.3 Å². The fraction of sp³-hybridized carbons (Fsp3) is 0.571. The molecule has 94 valence electrons. The lowest BCUT2D eigenvalue weighted by Gasteiger charge is -2.26. The highest BCUT2D eigenvalue weighted by Gasteiger charge is 2.34. The first-order chi connectivity index (χ1) is 8.24. The zero-order valence-electron chi connectivity index (χ0n) is 10.7. The van der Waals surface area contributed by atoms with Crippen molar-refractivity contribution < 1.29 is 9.47 Å². The van der Waals surface area contributed by atoms with Crippen molar-refractivity contribution in [3.05, 3.63) is 35.4 Å². The highest BCUT2D eigenvalue weighted by Crippen LogP contribution is 2.21. The van der Waals surface area contributed by atoms with Crippen LogP contribution < -0.4 is 5.32 Å². The van der Waals surface area contributed by atoms with Gasteiger partial charge in [0.1, 0.15) is 5.60 Å². The van der Waals surface area contributed by atoms with Gasteiger partial charge in [0.05, 0.1) is 6.61 Å². The summed E-state index contributed by atoms with van der Waals surface area (Å²) < 4.78 is 11.0. The van der Waals surface area contributed by atoms with Crippen molar-refractivity contribution in [3.8, 4) is 0 Å². The van der Waals surface area contributed by atoms with Crippen molar-refractivity contribution in [2.75, 3.05) is 26.9 Å². The van der Waals surface area contributed by atoms with Crippen LogP contribution in [-0.2, 0) is 16.0 Å². The Morgan fingerprint density at radius 2 is 2.35 bits per heavy atom. The van der Waals surface area contributed by atoms with Gasteiger partial charge in [-0.25, -0.2) is 0 Å². The number of hydrogen-bond donors (Lipinski definition) is 1. The van der Waals surface area contributed by atoms with Gasteiger partial charge in [-0.3, -0.25) is 0 Å². The molecular formula is C14H21NO2. The van der Waals surface area contributed by atoms with Crippen LogP contribution in [-0.4, -0.2) is 32.5 Å². The molecular weight excluding hydrogens is 214 g/mol. The van der Waals surface area contributed by atoms with Crippen LogP contribution in [0.1, 0.15) is 17.5 Å². The minimum atomic E-state index is -0.121. The van der Waals surface area contributed by atoms with Crippen molar-refractivity contribution >= 4 is 0 Å². The molecule has 0 bridgehead atoms. The highest BCUT2D eigenvalue weighted by molar-refractivity contribution is 5.21. The van der Waals surface area contributed by atoms with E-state index >= 15 is 0 Å². The van der Waals surface area contributed by atoms with Crippen molar-refractivity contribution in [1.29, 1.82) is 0 Å². The van der Waals surface area contributed by atoms with E-state index in [0.29, 0.717) is 6.61 Å². The van der Waals surface area contributed by atoms with E-state index in [1.165, 1.54) is 11.1 Å². The quantitative estimate of drug-likeness (QED) is 0.845. The Hall–Kier alpha value is -0.900. The molecule has 0 saturated carbocycles. The monoisotopic (exact) mass is 235 g/mol. The Balaban J connectivity index is 1.82. The van der Waals surface area contributed by atoms with Gasteiger partial charge in [-0.05, 0) is 12.5 Å². The molecule has 1 unspecified atom stereocenters. The van der Waals surface area contributed by atoms with Crippen LogP contribution in [0.2, 0.25) is 0 Å². The summed E-state index contributed by atoms with van der Waals surface area (Å²) in [5.41, 5.74) is 2.49. The van der Waals surface area contributed by atoms with Gasteiger partial charge < -0.3 is 14.8 Å². The molecule has 1 aliphatic rings. The van der Waals surface area contributed by atoms with E-state index in [9.17, 15) is 0 Å². The Kier molecular flexibility index (Phi) is 4.15. The Morgan fingerprint density at radius 1 is 1.47 bits per heavy atom. The summed E-state index contributed by atoms with van der Waals surface area (Å²) in [6, 6.07) is 8.56. The third-order valence-electron chi connectivity index (χ3n) is 3.36. The SMILES string of the molecule is COC1(CNCc2cccc(C)c2)CCOC1. The lowest BCUT2D eigenvalue weighted by atomic mass is 10.0. The normalized spacial score (nSPS) is 24.1. The molecule has 0 spiro atoms. The third-order valence-corrected chi connectivity index (χ3v) is 3.36. The van der Waals surface area contributed by atoms with Gasteiger partial charge in [-0.15, -0.1) is 0 Å². The molecule has 1 heterocycles. The number of rotatable bonds is 5. The van der Waals surface area contributed by atoms with Crippen molar-refractivity contribution in [2.24, 2.45) is 0 Å². The fourth-order valence-electron chi connectivity index (χ4n) is 2.22. The maximum atomic E-state index is 5.57. The van der Waals surface area contributed by atoms with Crippen molar-refractivity contribution in [2.45, 2.75) is 25.5 Å². The van der Waals surface area contributed by atoms with Gasteiger partial charge in [0.15, 0.2) is 0 Å². The number of methoxy groups -OCH3 is 1. The zero-order valence-corrected chi connectivity index (χ0v) is 10.7. The second-order valence-electron chi connectivity index (χ2n) is 4.78. The summed E-state index contributed by atoms with van der Waals surface area (Å²) in [4.78, 5) is 0. The predicted molar refractivity (Wildman–Crippen MR) is 68.1 cm³/mol. The molecule has 1 fully saturated rings. The highest BCUT2D eigenvalue weighted by atomic mass is 16.5. The molecule has 3 nitrogen and oxygen atoms in total. The maximum Gasteiger partial charge on any atom is 0.106 e. The van der Waals surface area contributed by atoms with Gasteiger partial charge in [0.2, 0.25) is 0 Å². The molecule has 1 aromatic rings. The number of aryl methyl sites for hydroxylation is 1. The largest absolute Gasteiger partial charge is 0.378 e. The van der Waals surface area contributed by atoms with Crippen molar-refractivity contribution in [3.63, 3.8) is 0 Å². The molecule has 1 aliphatic heterocycles. The van der Waals surface area contributed by atoms with E-state index in [1.54, 1.807) is 7.11 Å². The second kappa shape index (κ2) is 5.63. The number of benzene rings is 1. The third kappa shape index (κ3) is 3.28. The van der Waals surface area contributed by atoms with Gasteiger partial charge in [-0.2, -0.15) is 0 Å². The average molecular weight is 235 g/mol. The maximum absolute atomic E-state index is 5.57. The molecule has 0 aliphatic carbocycles. The summed E-state index contributed by atoms with van der Waals surface area (Å²) >= 11 is 0. The van der Waals surface area contributed by atoms with E-state index in [-0.39, 0.29) is 5.60 Å². The van der Waals surface area contributed by atoms with E-state index in [0.717, 1.165) is 26.1 Å². The summed E-state index contributed by atoms with van der Waals surface area (Å²) in [6.07, 6.45) is 0.977. The average Bonchev–Trinajstić information content (AvgIpc) is 2.79. The molecule has 2 rings (SSSR count).